The van der Waals surface area contributed by atoms with E-state index in [2.05, 4.69) is 26.7 Å². The third-order valence-electron chi connectivity index (χ3n) is 3.66. The predicted molar refractivity (Wildman–Crippen MR) is 69.8 cm³/mol. The van der Waals surface area contributed by atoms with Gasteiger partial charge in [0.2, 0.25) is 0 Å². The van der Waals surface area contributed by atoms with Crippen molar-refractivity contribution in [1.29, 1.82) is 0 Å². The molecule has 0 aromatic carbocycles. The van der Waals surface area contributed by atoms with Gasteiger partial charge >= 0.3 is 0 Å². The van der Waals surface area contributed by atoms with E-state index in [4.69, 9.17) is 0 Å². The molecule has 1 aromatic heterocycles. The highest BCUT2D eigenvalue weighted by molar-refractivity contribution is 4.90. The lowest BCUT2D eigenvalue weighted by molar-refractivity contribution is 0.170. The van der Waals surface area contributed by atoms with Gasteiger partial charge in [-0.2, -0.15) is 0 Å². The van der Waals surface area contributed by atoms with E-state index in [0.717, 1.165) is 18.9 Å². The number of imidazole rings is 1. The fraction of sp³-hybridized carbons (Fsp3) is 0.769. The molecule has 1 unspecified atom stereocenters. The van der Waals surface area contributed by atoms with Crippen molar-refractivity contribution in [3.63, 3.8) is 0 Å². The molecule has 0 spiro atoms. The zero-order valence-electron chi connectivity index (χ0n) is 11.0. The van der Waals surface area contributed by atoms with E-state index in [0.29, 0.717) is 6.04 Å². The summed E-state index contributed by atoms with van der Waals surface area (Å²) in [7, 11) is 2.04. The van der Waals surface area contributed by atoms with Gasteiger partial charge in [0, 0.05) is 32.0 Å². The summed E-state index contributed by atoms with van der Waals surface area (Å²) in [6.07, 6.45) is 7.98. The Kier molecular flexibility index (Phi) is 4.57. The summed E-state index contributed by atoms with van der Waals surface area (Å²) >= 11 is 0. The van der Waals surface area contributed by atoms with Gasteiger partial charge in [-0.25, -0.2) is 4.98 Å². The van der Waals surface area contributed by atoms with E-state index in [9.17, 15) is 0 Å². The molecule has 0 aliphatic carbocycles. The molecule has 1 aromatic rings. The second kappa shape index (κ2) is 6.17. The Morgan fingerprint density at radius 2 is 2.12 bits per heavy atom. The summed E-state index contributed by atoms with van der Waals surface area (Å²) in [6, 6.07) is 0.635. The summed E-state index contributed by atoms with van der Waals surface area (Å²) in [4.78, 5) is 6.90. The fourth-order valence-corrected chi connectivity index (χ4v) is 2.45. The Balaban J connectivity index is 1.69. The first-order chi connectivity index (χ1) is 8.27. The largest absolute Gasteiger partial charge is 0.337 e. The van der Waals surface area contributed by atoms with Crippen LogP contribution in [0, 0.1) is 0 Å². The van der Waals surface area contributed by atoms with Crippen molar-refractivity contribution in [1.82, 2.24) is 19.8 Å². The molecule has 1 N–H and O–H groups in total. The highest BCUT2D eigenvalue weighted by Crippen LogP contribution is 2.11. The van der Waals surface area contributed by atoms with Gasteiger partial charge in [0.15, 0.2) is 0 Å². The van der Waals surface area contributed by atoms with Crippen LogP contribution in [-0.4, -0.2) is 40.1 Å². The number of aromatic nitrogens is 2. The van der Waals surface area contributed by atoms with E-state index in [1.807, 2.05) is 19.4 Å². The minimum atomic E-state index is 0.635. The molecule has 4 nitrogen and oxygen atoms in total. The van der Waals surface area contributed by atoms with Crippen molar-refractivity contribution in [2.45, 2.75) is 38.8 Å². The zero-order valence-corrected chi connectivity index (χ0v) is 11.0. The van der Waals surface area contributed by atoms with Gasteiger partial charge in [0.05, 0.1) is 6.54 Å². The van der Waals surface area contributed by atoms with Gasteiger partial charge in [-0.15, -0.1) is 0 Å². The van der Waals surface area contributed by atoms with Gasteiger partial charge in [-0.1, -0.05) is 6.42 Å². The van der Waals surface area contributed by atoms with E-state index >= 15 is 0 Å². The second-order valence-corrected chi connectivity index (χ2v) is 5.03. The van der Waals surface area contributed by atoms with Gasteiger partial charge in [0.1, 0.15) is 5.82 Å². The predicted octanol–water partition coefficient (Wildman–Crippen LogP) is 1.38. The van der Waals surface area contributed by atoms with Crippen LogP contribution in [0.4, 0.5) is 0 Å². The van der Waals surface area contributed by atoms with Crippen molar-refractivity contribution < 1.29 is 0 Å². The van der Waals surface area contributed by atoms with Gasteiger partial charge in [-0.05, 0) is 32.9 Å². The van der Waals surface area contributed by atoms with Crippen LogP contribution in [0.3, 0.4) is 0 Å². The highest BCUT2D eigenvalue weighted by Gasteiger charge is 2.15. The Morgan fingerprint density at radius 1 is 1.35 bits per heavy atom. The van der Waals surface area contributed by atoms with Crippen LogP contribution in [0.5, 0.6) is 0 Å². The first kappa shape index (κ1) is 12.6. The molecule has 2 heterocycles. The number of nitrogens with zero attached hydrogens (tertiary/aromatic N) is 3. The number of rotatable bonds is 5. The molecule has 1 aliphatic heterocycles. The molecule has 17 heavy (non-hydrogen) atoms. The van der Waals surface area contributed by atoms with Crippen molar-refractivity contribution in [2.24, 2.45) is 7.05 Å². The maximum Gasteiger partial charge on any atom is 0.122 e. The molecule has 2 rings (SSSR count). The standard InChI is InChI=1S/C13H24N4/c1-12(17-7-4-3-5-8-17)10-14-11-13-15-6-9-16(13)2/h6,9,12,14H,3-5,7-8,10-11H2,1-2H3. The molecule has 96 valence electrons. The average Bonchev–Trinajstić information content (AvgIpc) is 2.76. The molecule has 1 fully saturated rings. The normalized spacial score (nSPS) is 19.4. The SMILES string of the molecule is CC(CNCc1nccn1C)N1CCCCC1. The van der Waals surface area contributed by atoms with E-state index in [-0.39, 0.29) is 0 Å². The first-order valence-corrected chi connectivity index (χ1v) is 6.68. The monoisotopic (exact) mass is 236 g/mol. The number of nitrogens with one attached hydrogen (secondary N) is 1. The minimum absolute atomic E-state index is 0.635. The highest BCUT2D eigenvalue weighted by atomic mass is 15.2. The first-order valence-electron chi connectivity index (χ1n) is 6.68. The fourth-order valence-electron chi connectivity index (χ4n) is 2.45. The number of hydrogen-bond acceptors (Lipinski definition) is 3. The Hall–Kier alpha value is -0.870. The lowest BCUT2D eigenvalue weighted by Gasteiger charge is -2.32. The van der Waals surface area contributed by atoms with Gasteiger partial charge in [-0.3, -0.25) is 4.90 Å². The summed E-state index contributed by atoms with van der Waals surface area (Å²) < 4.78 is 2.07. The molecule has 1 saturated heterocycles. The van der Waals surface area contributed by atoms with Crippen LogP contribution in [0.1, 0.15) is 32.0 Å². The van der Waals surface area contributed by atoms with Crippen molar-refractivity contribution in [2.75, 3.05) is 19.6 Å². The van der Waals surface area contributed by atoms with Gasteiger partial charge < -0.3 is 9.88 Å². The van der Waals surface area contributed by atoms with Gasteiger partial charge in [0.25, 0.3) is 0 Å². The number of likely N-dealkylation sites (tertiary alicyclic amines) is 1. The maximum atomic E-state index is 4.31. The van der Waals surface area contributed by atoms with Crippen LogP contribution in [0.15, 0.2) is 12.4 Å². The smallest absolute Gasteiger partial charge is 0.122 e. The van der Waals surface area contributed by atoms with Crippen LogP contribution < -0.4 is 5.32 Å². The van der Waals surface area contributed by atoms with Crippen molar-refractivity contribution in [3.8, 4) is 0 Å². The van der Waals surface area contributed by atoms with Crippen LogP contribution in [-0.2, 0) is 13.6 Å². The number of piperidine rings is 1. The van der Waals surface area contributed by atoms with Crippen LogP contribution >= 0.6 is 0 Å². The Bertz CT molecular complexity index is 328. The minimum Gasteiger partial charge on any atom is -0.337 e. The molecular weight excluding hydrogens is 212 g/mol. The van der Waals surface area contributed by atoms with Crippen molar-refractivity contribution in [3.05, 3.63) is 18.2 Å². The van der Waals surface area contributed by atoms with E-state index in [1.165, 1.54) is 32.4 Å². The summed E-state index contributed by atoms with van der Waals surface area (Å²) in [5.41, 5.74) is 0. The third-order valence-corrected chi connectivity index (χ3v) is 3.66. The molecule has 1 atom stereocenters. The maximum absolute atomic E-state index is 4.31. The third kappa shape index (κ3) is 3.54. The molecule has 0 amide bonds. The van der Waals surface area contributed by atoms with Crippen LogP contribution in [0.25, 0.3) is 0 Å². The number of hydrogen-bond donors (Lipinski definition) is 1. The summed E-state index contributed by atoms with van der Waals surface area (Å²) in [6.45, 7) is 6.77. The lowest BCUT2D eigenvalue weighted by atomic mass is 10.1. The number of aryl methyl sites for hydroxylation is 1. The van der Waals surface area contributed by atoms with Crippen molar-refractivity contribution >= 4 is 0 Å². The van der Waals surface area contributed by atoms with E-state index in [1.54, 1.807) is 0 Å². The molecular formula is C13H24N4. The molecule has 0 radical (unpaired) electrons. The van der Waals surface area contributed by atoms with E-state index < -0.39 is 0 Å². The molecule has 4 heteroatoms. The lowest BCUT2D eigenvalue weighted by Crippen LogP contribution is -2.43. The molecule has 0 bridgehead atoms. The average molecular weight is 236 g/mol. The zero-order chi connectivity index (χ0) is 12.1. The second-order valence-electron chi connectivity index (χ2n) is 5.03. The van der Waals surface area contributed by atoms with Crippen LogP contribution in [0.2, 0.25) is 0 Å². The molecule has 1 aliphatic rings. The summed E-state index contributed by atoms with van der Waals surface area (Å²) in [5, 5.41) is 3.50. The molecule has 0 saturated carbocycles. The quantitative estimate of drug-likeness (QED) is 0.838. The Labute approximate surface area is 104 Å². The summed E-state index contributed by atoms with van der Waals surface area (Å²) in [5.74, 6) is 1.11. The Morgan fingerprint density at radius 3 is 2.76 bits per heavy atom. The topological polar surface area (TPSA) is 33.1 Å².